The molecule has 1 aromatic heterocycles. The fraction of sp³-hybridized carbons (Fsp3) is 0.348. The highest BCUT2D eigenvalue weighted by Crippen LogP contribution is 2.31. The van der Waals surface area contributed by atoms with E-state index in [0.717, 1.165) is 48.1 Å². The Hall–Kier alpha value is -2.46. The zero-order chi connectivity index (χ0) is 19.5. The molecule has 1 N–H and O–H groups in total. The molecular formula is C23H26ClN3O. The minimum atomic E-state index is 0.734. The van der Waals surface area contributed by atoms with Crippen molar-refractivity contribution in [3.05, 3.63) is 69.9 Å². The second-order valence-corrected chi connectivity index (χ2v) is 7.78. The van der Waals surface area contributed by atoms with E-state index in [2.05, 4.69) is 35.1 Å². The Morgan fingerprint density at radius 2 is 1.93 bits per heavy atom. The van der Waals surface area contributed by atoms with Gasteiger partial charge in [-0.15, -0.1) is 0 Å². The topological polar surface area (TPSA) is 39.1 Å². The molecule has 2 heterocycles. The molecule has 0 aliphatic carbocycles. The molecule has 0 atom stereocenters. The molecule has 0 amide bonds. The number of fused-ring (bicyclic) bond motifs is 1. The van der Waals surface area contributed by atoms with E-state index in [1.54, 1.807) is 7.11 Å². The fourth-order valence-electron chi connectivity index (χ4n) is 3.81. The molecule has 0 spiro atoms. The lowest BCUT2D eigenvalue weighted by atomic mass is 10.0. The van der Waals surface area contributed by atoms with Crippen molar-refractivity contribution < 1.29 is 4.74 Å². The van der Waals surface area contributed by atoms with Gasteiger partial charge >= 0.3 is 0 Å². The lowest BCUT2D eigenvalue weighted by Gasteiger charge is -2.12. The number of aromatic nitrogens is 2. The molecule has 0 saturated carbocycles. The van der Waals surface area contributed by atoms with E-state index in [9.17, 15) is 0 Å². The average molecular weight is 396 g/mol. The van der Waals surface area contributed by atoms with Crippen LogP contribution in [0.25, 0.3) is 5.69 Å². The minimum absolute atomic E-state index is 0.734. The Morgan fingerprint density at radius 1 is 1.11 bits per heavy atom. The molecule has 0 unspecified atom stereocenters. The standard InChI is InChI=1S/C23H26ClN3O/c1-16-6-10-18(24)15-22(16)27-23-20(5-3-4-14-25-23)21(26-27)13-9-17-7-11-19(28-2)12-8-17/h6-8,10-12,15,25H,3-5,9,13-14H2,1-2H3. The van der Waals surface area contributed by atoms with Gasteiger partial charge in [0.1, 0.15) is 11.6 Å². The van der Waals surface area contributed by atoms with E-state index in [0.29, 0.717) is 0 Å². The summed E-state index contributed by atoms with van der Waals surface area (Å²) in [5.41, 5.74) is 6.05. The maximum atomic E-state index is 6.28. The lowest BCUT2D eigenvalue weighted by Crippen LogP contribution is -2.08. The van der Waals surface area contributed by atoms with Gasteiger partial charge in [-0.25, -0.2) is 4.68 Å². The van der Waals surface area contributed by atoms with Gasteiger partial charge in [-0.05, 0) is 74.4 Å². The number of nitrogens with one attached hydrogen (secondary N) is 1. The number of hydrogen-bond donors (Lipinski definition) is 1. The molecule has 0 fully saturated rings. The first-order chi connectivity index (χ1) is 13.7. The molecule has 4 rings (SSSR count). The molecule has 1 aliphatic rings. The lowest BCUT2D eigenvalue weighted by molar-refractivity contribution is 0.414. The molecule has 5 heteroatoms. The summed E-state index contributed by atoms with van der Waals surface area (Å²) in [5.74, 6) is 2.02. The summed E-state index contributed by atoms with van der Waals surface area (Å²) in [6.07, 6.45) is 5.32. The molecule has 2 aromatic carbocycles. The first kappa shape index (κ1) is 18.9. The van der Waals surface area contributed by atoms with Crippen LogP contribution in [0.5, 0.6) is 5.75 Å². The maximum absolute atomic E-state index is 6.28. The summed E-state index contributed by atoms with van der Waals surface area (Å²) in [6.45, 7) is 3.09. The Morgan fingerprint density at radius 3 is 2.71 bits per heavy atom. The number of ether oxygens (including phenoxy) is 1. The van der Waals surface area contributed by atoms with Crippen LogP contribution in [0.2, 0.25) is 5.02 Å². The summed E-state index contributed by atoms with van der Waals surface area (Å²) in [6, 6.07) is 14.3. The van der Waals surface area contributed by atoms with Crippen LogP contribution in [-0.2, 0) is 19.3 Å². The predicted octanol–water partition coefficient (Wildman–Crippen LogP) is 5.38. The highest BCUT2D eigenvalue weighted by atomic mass is 35.5. The van der Waals surface area contributed by atoms with Crippen LogP contribution in [0.1, 0.15) is 35.2 Å². The van der Waals surface area contributed by atoms with Crippen molar-refractivity contribution in [3.63, 3.8) is 0 Å². The van der Waals surface area contributed by atoms with Crippen LogP contribution in [-0.4, -0.2) is 23.4 Å². The van der Waals surface area contributed by atoms with Gasteiger partial charge in [0.2, 0.25) is 0 Å². The zero-order valence-electron chi connectivity index (χ0n) is 16.5. The van der Waals surface area contributed by atoms with Crippen molar-refractivity contribution in [1.82, 2.24) is 9.78 Å². The van der Waals surface area contributed by atoms with Gasteiger partial charge in [-0.2, -0.15) is 5.10 Å². The van der Waals surface area contributed by atoms with Gasteiger partial charge in [0, 0.05) is 17.1 Å². The summed E-state index contributed by atoms with van der Waals surface area (Å²) in [7, 11) is 1.70. The van der Waals surface area contributed by atoms with Crippen molar-refractivity contribution >= 4 is 17.4 Å². The molecule has 4 nitrogen and oxygen atoms in total. The number of methoxy groups -OCH3 is 1. The van der Waals surface area contributed by atoms with E-state index in [4.69, 9.17) is 21.4 Å². The van der Waals surface area contributed by atoms with Crippen molar-refractivity contribution in [2.24, 2.45) is 0 Å². The molecule has 1 aliphatic heterocycles. The van der Waals surface area contributed by atoms with Crippen LogP contribution in [0.4, 0.5) is 5.82 Å². The first-order valence-corrected chi connectivity index (χ1v) is 10.3. The van der Waals surface area contributed by atoms with Crippen LogP contribution < -0.4 is 10.1 Å². The summed E-state index contributed by atoms with van der Waals surface area (Å²) in [4.78, 5) is 0. The van der Waals surface area contributed by atoms with Gasteiger partial charge in [0.05, 0.1) is 18.5 Å². The Kier molecular flexibility index (Phi) is 5.58. The number of halogens is 1. The molecular weight excluding hydrogens is 370 g/mol. The highest BCUT2D eigenvalue weighted by molar-refractivity contribution is 6.30. The predicted molar refractivity (Wildman–Crippen MR) is 115 cm³/mol. The normalized spacial score (nSPS) is 13.5. The molecule has 0 saturated heterocycles. The monoisotopic (exact) mass is 395 g/mol. The van der Waals surface area contributed by atoms with Gasteiger partial charge in [-0.3, -0.25) is 0 Å². The molecule has 0 radical (unpaired) electrons. The number of nitrogens with zero attached hydrogens (tertiary/aromatic N) is 2. The summed E-state index contributed by atoms with van der Waals surface area (Å²) < 4.78 is 7.32. The minimum Gasteiger partial charge on any atom is -0.497 e. The Bertz CT molecular complexity index is 963. The van der Waals surface area contributed by atoms with Gasteiger partial charge in [0.15, 0.2) is 0 Å². The van der Waals surface area contributed by atoms with E-state index < -0.39 is 0 Å². The summed E-state index contributed by atoms with van der Waals surface area (Å²) >= 11 is 6.28. The molecule has 3 aromatic rings. The van der Waals surface area contributed by atoms with E-state index >= 15 is 0 Å². The van der Waals surface area contributed by atoms with Crippen LogP contribution in [0.3, 0.4) is 0 Å². The molecule has 146 valence electrons. The smallest absolute Gasteiger partial charge is 0.133 e. The maximum Gasteiger partial charge on any atom is 0.133 e. The van der Waals surface area contributed by atoms with Crippen molar-refractivity contribution in [2.75, 3.05) is 19.0 Å². The van der Waals surface area contributed by atoms with Crippen molar-refractivity contribution in [3.8, 4) is 11.4 Å². The average Bonchev–Trinajstić information content (AvgIpc) is 2.88. The first-order valence-electron chi connectivity index (χ1n) is 9.90. The van der Waals surface area contributed by atoms with Gasteiger partial charge in [-0.1, -0.05) is 29.8 Å². The van der Waals surface area contributed by atoms with E-state index in [-0.39, 0.29) is 0 Å². The number of hydrogen-bond acceptors (Lipinski definition) is 3. The third-order valence-corrected chi connectivity index (χ3v) is 5.66. The van der Waals surface area contributed by atoms with E-state index in [1.807, 2.05) is 24.3 Å². The Labute approximate surface area is 171 Å². The number of aryl methyl sites for hydroxylation is 3. The second kappa shape index (κ2) is 8.27. The number of anilines is 1. The van der Waals surface area contributed by atoms with Gasteiger partial charge in [0.25, 0.3) is 0 Å². The largest absolute Gasteiger partial charge is 0.497 e. The highest BCUT2D eigenvalue weighted by Gasteiger charge is 2.21. The van der Waals surface area contributed by atoms with Gasteiger partial charge < -0.3 is 10.1 Å². The summed E-state index contributed by atoms with van der Waals surface area (Å²) in [5, 5.41) is 9.37. The third kappa shape index (κ3) is 3.88. The third-order valence-electron chi connectivity index (χ3n) is 5.42. The van der Waals surface area contributed by atoms with E-state index in [1.165, 1.54) is 35.2 Å². The van der Waals surface area contributed by atoms with Crippen LogP contribution >= 0.6 is 11.6 Å². The number of rotatable bonds is 5. The van der Waals surface area contributed by atoms with Crippen molar-refractivity contribution in [1.29, 1.82) is 0 Å². The quantitative estimate of drug-likeness (QED) is 0.630. The zero-order valence-corrected chi connectivity index (χ0v) is 17.2. The van der Waals surface area contributed by atoms with Crippen LogP contribution in [0, 0.1) is 6.92 Å². The molecule has 28 heavy (non-hydrogen) atoms. The second-order valence-electron chi connectivity index (χ2n) is 7.35. The fourth-order valence-corrected chi connectivity index (χ4v) is 3.98. The van der Waals surface area contributed by atoms with Crippen LogP contribution in [0.15, 0.2) is 42.5 Å². The Balaban J connectivity index is 1.67. The number of benzene rings is 2. The molecule has 0 bridgehead atoms. The SMILES string of the molecule is COc1ccc(CCc2nn(-c3cc(Cl)ccc3C)c3c2CCCCN3)cc1. The van der Waals surface area contributed by atoms with Crippen molar-refractivity contribution in [2.45, 2.75) is 39.0 Å².